The van der Waals surface area contributed by atoms with E-state index in [-0.39, 0.29) is 26.9 Å². The number of hydrogen-bond donors (Lipinski definition) is 1. The summed E-state index contributed by atoms with van der Waals surface area (Å²) in [5.74, 6) is -0.970. The number of anilines is 2. The summed E-state index contributed by atoms with van der Waals surface area (Å²) in [4.78, 5) is 25.0. The number of carbonyl (C=O) groups excluding carboxylic acids is 2. The minimum absolute atomic E-state index is 0.00166. The van der Waals surface area contributed by atoms with Gasteiger partial charge in [-0.05, 0) is 61.9 Å². The highest BCUT2D eigenvalue weighted by molar-refractivity contribution is 7.92. The summed E-state index contributed by atoms with van der Waals surface area (Å²) in [5.41, 5.74) is 2.27. The van der Waals surface area contributed by atoms with Crippen molar-refractivity contribution < 1.29 is 27.5 Å². The van der Waals surface area contributed by atoms with E-state index in [9.17, 15) is 18.0 Å². The first kappa shape index (κ1) is 26.1. The Morgan fingerprint density at radius 2 is 1.66 bits per heavy atom. The average molecular weight is 517 g/mol. The molecule has 0 saturated heterocycles. The summed E-state index contributed by atoms with van der Waals surface area (Å²) in [7, 11) is -1.53. The number of nitrogens with zero attached hydrogens (tertiary/aromatic N) is 1. The molecule has 1 N–H and O–H groups in total. The van der Waals surface area contributed by atoms with Gasteiger partial charge >= 0.3 is 5.97 Å². The number of aryl methyl sites for hydroxylation is 2. The van der Waals surface area contributed by atoms with E-state index in [1.165, 1.54) is 44.6 Å². The maximum Gasteiger partial charge on any atom is 0.337 e. The summed E-state index contributed by atoms with van der Waals surface area (Å²) in [6.07, 6.45) is 0. The molecule has 0 aliphatic heterocycles. The molecule has 8 nitrogen and oxygen atoms in total. The summed E-state index contributed by atoms with van der Waals surface area (Å²) in [6.45, 7) is 3.01. The molecular formula is C25H25ClN2O6S. The Hall–Kier alpha value is -3.56. The molecule has 0 aliphatic rings. The largest absolute Gasteiger partial charge is 0.495 e. The number of ether oxygens (including phenoxy) is 2. The zero-order valence-corrected chi connectivity index (χ0v) is 21.2. The van der Waals surface area contributed by atoms with Crippen molar-refractivity contribution in [2.75, 3.05) is 30.4 Å². The molecular weight excluding hydrogens is 492 g/mol. The normalized spacial score (nSPS) is 11.0. The van der Waals surface area contributed by atoms with Gasteiger partial charge in [-0.15, -0.1) is 0 Å². The second-order valence-electron chi connectivity index (χ2n) is 7.71. The molecule has 1 amide bonds. The Morgan fingerprint density at radius 1 is 0.971 bits per heavy atom. The quantitative estimate of drug-likeness (QED) is 0.439. The average Bonchev–Trinajstić information content (AvgIpc) is 2.83. The molecule has 0 atom stereocenters. The zero-order valence-electron chi connectivity index (χ0n) is 19.7. The molecule has 0 aromatic heterocycles. The summed E-state index contributed by atoms with van der Waals surface area (Å²) < 4.78 is 38.3. The van der Waals surface area contributed by atoms with Crippen molar-refractivity contribution >= 4 is 44.9 Å². The van der Waals surface area contributed by atoms with Crippen LogP contribution in [0.15, 0.2) is 65.6 Å². The second-order valence-corrected chi connectivity index (χ2v) is 10.0. The lowest BCUT2D eigenvalue weighted by Gasteiger charge is -2.26. The fourth-order valence-corrected chi connectivity index (χ4v) is 4.91. The van der Waals surface area contributed by atoms with Crippen LogP contribution in [0.25, 0.3) is 0 Å². The third kappa shape index (κ3) is 5.93. The lowest BCUT2D eigenvalue weighted by Crippen LogP contribution is -2.38. The third-order valence-corrected chi connectivity index (χ3v) is 7.25. The van der Waals surface area contributed by atoms with E-state index in [1.807, 2.05) is 6.92 Å². The van der Waals surface area contributed by atoms with E-state index < -0.39 is 28.4 Å². The van der Waals surface area contributed by atoms with Crippen LogP contribution in [-0.4, -0.2) is 41.1 Å². The highest BCUT2D eigenvalue weighted by Gasteiger charge is 2.30. The molecule has 0 spiro atoms. The standard InChI is InChI=1S/C25H25ClN2O6S/c1-16-5-10-20(11-6-16)35(31,32)28(22-14-19(26)9-12-23(22)33-3)15-24(29)27-21-13-18(25(30)34-4)8-7-17(21)2/h5-14H,15H2,1-4H3,(H,27,29). The molecule has 0 heterocycles. The van der Waals surface area contributed by atoms with Gasteiger partial charge in [-0.2, -0.15) is 0 Å². The number of nitrogens with one attached hydrogen (secondary N) is 1. The maximum absolute atomic E-state index is 13.6. The molecule has 3 aromatic rings. The van der Waals surface area contributed by atoms with Gasteiger partial charge in [0.05, 0.1) is 30.4 Å². The molecule has 184 valence electrons. The molecule has 0 radical (unpaired) electrons. The van der Waals surface area contributed by atoms with E-state index in [4.69, 9.17) is 21.1 Å². The Labute approximate surface area is 209 Å². The van der Waals surface area contributed by atoms with Gasteiger partial charge in [0, 0.05) is 10.7 Å². The van der Waals surface area contributed by atoms with Crippen molar-refractivity contribution in [3.05, 3.63) is 82.4 Å². The van der Waals surface area contributed by atoms with Crippen molar-refractivity contribution in [2.24, 2.45) is 0 Å². The SMILES string of the molecule is COC(=O)c1ccc(C)c(NC(=O)CN(c2cc(Cl)ccc2OC)S(=O)(=O)c2ccc(C)cc2)c1. The van der Waals surface area contributed by atoms with Crippen LogP contribution in [0.1, 0.15) is 21.5 Å². The highest BCUT2D eigenvalue weighted by Crippen LogP contribution is 2.35. The van der Waals surface area contributed by atoms with Crippen LogP contribution in [-0.2, 0) is 19.6 Å². The Kier molecular flexibility index (Phi) is 8.03. The molecule has 3 rings (SSSR count). The summed E-state index contributed by atoms with van der Waals surface area (Å²) >= 11 is 6.16. The Balaban J connectivity index is 2.03. The zero-order chi connectivity index (χ0) is 25.8. The predicted octanol–water partition coefficient (Wildman–Crippen LogP) is 4.59. The van der Waals surface area contributed by atoms with Crippen molar-refractivity contribution in [1.29, 1.82) is 0 Å². The van der Waals surface area contributed by atoms with Gasteiger partial charge in [-0.3, -0.25) is 9.10 Å². The Morgan fingerprint density at radius 3 is 2.29 bits per heavy atom. The smallest absolute Gasteiger partial charge is 0.337 e. The van der Waals surface area contributed by atoms with Crippen LogP contribution in [0.2, 0.25) is 5.02 Å². The van der Waals surface area contributed by atoms with E-state index in [0.29, 0.717) is 11.3 Å². The van der Waals surface area contributed by atoms with Gasteiger partial charge in [0.1, 0.15) is 12.3 Å². The highest BCUT2D eigenvalue weighted by atomic mass is 35.5. The topological polar surface area (TPSA) is 102 Å². The first-order valence-electron chi connectivity index (χ1n) is 10.5. The number of esters is 1. The van der Waals surface area contributed by atoms with E-state index in [0.717, 1.165) is 9.87 Å². The van der Waals surface area contributed by atoms with E-state index in [2.05, 4.69) is 5.32 Å². The number of methoxy groups -OCH3 is 2. The first-order chi connectivity index (χ1) is 16.6. The van der Waals surface area contributed by atoms with Gasteiger partial charge in [-0.25, -0.2) is 13.2 Å². The number of amides is 1. The van der Waals surface area contributed by atoms with Crippen molar-refractivity contribution in [1.82, 2.24) is 0 Å². The second kappa shape index (κ2) is 10.8. The van der Waals surface area contributed by atoms with Crippen LogP contribution in [0.5, 0.6) is 5.75 Å². The molecule has 0 aliphatic carbocycles. The molecule has 10 heteroatoms. The third-order valence-electron chi connectivity index (χ3n) is 5.24. The van der Waals surface area contributed by atoms with Crippen LogP contribution >= 0.6 is 11.6 Å². The molecule has 0 bridgehead atoms. The summed E-state index contributed by atoms with van der Waals surface area (Å²) in [6, 6.07) is 15.5. The number of halogens is 1. The number of benzene rings is 3. The van der Waals surface area contributed by atoms with Crippen LogP contribution in [0.4, 0.5) is 11.4 Å². The minimum atomic E-state index is -4.18. The van der Waals surface area contributed by atoms with Gasteiger partial charge in [0.15, 0.2) is 0 Å². The maximum atomic E-state index is 13.6. The lowest BCUT2D eigenvalue weighted by molar-refractivity contribution is -0.114. The first-order valence-corrected chi connectivity index (χ1v) is 12.3. The monoisotopic (exact) mass is 516 g/mol. The summed E-state index contributed by atoms with van der Waals surface area (Å²) in [5, 5.41) is 2.96. The van der Waals surface area contributed by atoms with Gasteiger partial charge in [0.25, 0.3) is 10.0 Å². The fourth-order valence-electron chi connectivity index (χ4n) is 3.32. The predicted molar refractivity (Wildman–Crippen MR) is 135 cm³/mol. The fraction of sp³-hybridized carbons (Fsp3) is 0.200. The molecule has 0 saturated carbocycles. The number of carbonyl (C=O) groups is 2. The van der Waals surface area contributed by atoms with Gasteiger partial charge < -0.3 is 14.8 Å². The Bertz CT molecular complexity index is 1360. The van der Waals surface area contributed by atoms with Crippen molar-refractivity contribution in [3.8, 4) is 5.75 Å². The number of hydrogen-bond acceptors (Lipinski definition) is 6. The lowest BCUT2D eigenvalue weighted by atomic mass is 10.1. The molecule has 35 heavy (non-hydrogen) atoms. The van der Waals surface area contributed by atoms with Crippen LogP contribution in [0.3, 0.4) is 0 Å². The van der Waals surface area contributed by atoms with Crippen molar-refractivity contribution in [2.45, 2.75) is 18.7 Å². The molecule has 3 aromatic carbocycles. The molecule has 0 unspecified atom stereocenters. The van der Waals surface area contributed by atoms with Crippen LogP contribution < -0.4 is 14.4 Å². The van der Waals surface area contributed by atoms with Gasteiger partial charge in [-0.1, -0.05) is 35.4 Å². The van der Waals surface area contributed by atoms with Crippen LogP contribution in [0, 0.1) is 13.8 Å². The van der Waals surface area contributed by atoms with E-state index >= 15 is 0 Å². The van der Waals surface area contributed by atoms with Gasteiger partial charge in [0.2, 0.25) is 5.91 Å². The number of rotatable bonds is 8. The minimum Gasteiger partial charge on any atom is -0.495 e. The number of sulfonamides is 1. The van der Waals surface area contributed by atoms with Crippen molar-refractivity contribution in [3.63, 3.8) is 0 Å². The molecule has 0 fully saturated rings. The van der Waals surface area contributed by atoms with E-state index in [1.54, 1.807) is 37.3 Å².